The van der Waals surface area contributed by atoms with E-state index >= 15 is 0 Å². The van der Waals surface area contributed by atoms with Crippen LogP contribution < -0.4 is 5.73 Å². The first-order chi connectivity index (χ1) is 6.71. The summed E-state index contributed by atoms with van der Waals surface area (Å²) in [5, 5.41) is 0. The minimum absolute atomic E-state index is 0.0985. The Morgan fingerprint density at radius 1 is 1.21 bits per heavy atom. The second kappa shape index (κ2) is 4.19. The Kier molecular flexibility index (Phi) is 3.13. The van der Waals surface area contributed by atoms with Crippen LogP contribution in [0.15, 0.2) is 0 Å². The minimum Gasteiger partial charge on any atom is -0.381 e. The Hall–Kier alpha value is -0.0800. The first-order valence-corrected chi connectivity index (χ1v) is 6.07. The third-order valence-corrected chi connectivity index (χ3v) is 4.18. The molecule has 3 unspecified atom stereocenters. The highest BCUT2D eigenvalue weighted by Crippen LogP contribution is 2.36. The molecular weight excluding hydrogens is 174 g/mol. The van der Waals surface area contributed by atoms with Crippen LogP contribution in [0.25, 0.3) is 0 Å². The average Bonchev–Trinajstić information content (AvgIpc) is 2.63. The van der Waals surface area contributed by atoms with Gasteiger partial charge in [0.15, 0.2) is 0 Å². The van der Waals surface area contributed by atoms with Crippen molar-refractivity contribution < 1.29 is 4.74 Å². The molecule has 2 fully saturated rings. The maximum atomic E-state index is 6.55. The van der Waals surface area contributed by atoms with E-state index in [9.17, 15) is 0 Å². The maximum Gasteiger partial charge on any atom is 0.0512 e. The summed E-state index contributed by atoms with van der Waals surface area (Å²) in [5.74, 6) is 1.51. The molecule has 1 saturated carbocycles. The highest BCUT2D eigenvalue weighted by atomic mass is 16.5. The van der Waals surface area contributed by atoms with Gasteiger partial charge in [0.05, 0.1) is 6.61 Å². The van der Waals surface area contributed by atoms with E-state index in [1.54, 1.807) is 0 Å². The van der Waals surface area contributed by atoms with Crippen molar-refractivity contribution in [2.24, 2.45) is 17.6 Å². The van der Waals surface area contributed by atoms with Crippen molar-refractivity contribution in [3.05, 3.63) is 0 Å². The van der Waals surface area contributed by atoms with Crippen molar-refractivity contribution in [3.63, 3.8) is 0 Å². The van der Waals surface area contributed by atoms with Gasteiger partial charge >= 0.3 is 0 Å². The minimum atomic E-state index is 0.0985. The first-order valence-electron chi connectivity index (χ1n) is 6.07. The molecule has 0 radical (unpaired) electrons. The van der Waals surface area contributed by atoms with E-state index in [4.69, 9.17) is 10.5 Å². The molecule has 0 aromatic carbocycles. The number of rotatable bonds is 1. The lowest BCUT2D eigenvalue weighted by atomic mass is 9.78. The van der Waals surface area contributed by atoms with Crippen molar-refractivity contribution in [1.29, 1.82) is 0 Å². The Morgan fingerprint density at radius 3 is 2.79 bits per heavy atom. The van der Waals surface area contributed by atoms with E-state index in [0.29, 0.717) is 5.92 Å². The predicted octanol–water partition coefficient (Wildman–Crippen LogP) is 2.32. The zero-order chi connectivity index (χ0) is 10.0. The second-order valence-corrected chi connectivity index (χ2v) is 5.33. The molecule has 1 aliphatic heterocycles. The molecule has 1 heterocycles. The van der Waals surface area contributed by atoms with E-state index < -0.39 is 0 Å². The number of hydrogen-bond donors (Lipinski definition) is 1. The van der Waals surface area contributed by atoms with Crippen molar-refractivity contribution >= 4 is 0 Å². The molecule has 2 heteroatoms. The molecule has 1 aliphatic carbocycles. The monoisotopic (exact) mass is 197 g/mol. The van der Waals surface area contributed by atoms with Crippen molar-refractivity contribution in [1.82, 2.24) is 0 Å². The predicted molar refractivity (Wildman–Crippen MR) is 58.1 cm³/mol. The van der Waals surface area contributed by atoms with E-state index in [-0.39, 0.29) is 5.54 Å². The van der Waals surface area contributed by atoms with Gasteiger partial charge in [-0.2, -0.15) is 0 Å². The highest BCUT2D eigenvalue weighted by Gasteiger charge is 2.38. The molecule has 14 heavy (non-hydrogen) atoms. The van der Waals surface area contributed by atoms with Crippen molar-refractivity contribution in [3.8, 4) is 0 Å². The summed E-state index contributed by atoms with van der Waals surface area (Å²) >= 11 is 0. The normalized spacial score (nSPS) is 45.0. The van der Waals surface area contributed by atoms with Crippen molar-refractivity contribution in [2.45, 2.75) is 51.0 Å². The van der Waals surface area contributed by atoms with Crippen LogP contribution in [0.3, 0.4) is 0 Å². The summed E-state index contributed by atoms with van der Waals surface area (Å²) in [4.78, 5) is 0. The van der Waals surface area contributed by atoms with Gasteiger partial charge in [0.25, 0.3) is 0 Å². The Morgan fingerprint density at radius 2 is 2.07 bits per heavy atom. The van der Waals surface area contributed by atoms with Crippen LogP contribution in [-0.2, 0) is 4.74 Å². The number of nitrogens with two attached hydrogens (primary N) is 1. The molecule has 3 atom stereocenters. The van der Waals surface area contributed by atoms with Gasteiger partial charge < -0.3 is 10.5 Å². The van der Waals surface area contributed by atoms with Gasteiger partial charge in [0.1, 0.15) is 0 Å². The van der Waals surface area contributed by atoms with Crippen LogP contribution >= 0.6 is 0 Å². The molecule has 2 rings (SSSR count). The number of ether oxygens (including phenoxy) is 1. The van der Waals surface area contributed by atoms with Gasteiger partial charge in [-0.15, -0.1) is 0 Å². The molecule has 0 amide bonds. The van der Waals surface area contributed by atoms with Crippen LogP contribution in [0.2, 0.25) is 0 Å². The van der Waals surface area contributed by atoms with Crippen molar-refractivity contribution in [2.75, 3.05) is 13.2 Å². The number of hydrogen-bond acceptors (Lipinski definition) is 2. The van der Waals surface area contributed by atoms with Crippen LogP contribution in [-0.4, -0.2) is 18.8 Å². The van der Waals surface area contributed by atoms with Crippen LogP contribution in [0.1, 0.15) is 45.4 Å². The fourth-order valence-electron chi connectivity index (χ4n) is 2.96. The zero-order valence-corrected chi connectivity index (χ0v) is 9.30. The Bertz CT molecular complexity index is 189. The summed E-state index contributed by atoms with van der Waals surface area (Å²) in [5.41, 5.74) is 6.65. The molecule has 82 valence electrons. The summed E-state index contributed by atoms with van der Waals surface area (Å²) in [7, 11) is 0. The standard InChI is InChI=1S/C12H23NO/c1-10-3-2-6-12(13,7-4-10)11-5-8-14-9-11/h10-11H,2-9,13H2,1H3. The molecule has 2 nitrogen and oxygen atoms in total. The average molecular weight is 197 g/mol. The van der Waals surface area contributed by atoms with Crippen LogP contribution in [0, 0.1) is 11.8 Å². The molecule has 1 saturated heterocycles. The van der Waals surface area contributed by atoms with E-state index in [1.165, 1.54) is 38.5 Å². The smallest absolute Gasteiger partial charge is 0.0512 e. The first kappa shape index (κ1) is 10.4. The second-order valence-electron chi connectivity index (χ2n) is 5.33. The van der Waals surface area contributed by atoms with Gasteiger partial charge in [-0.3, -0.25) is 0 Å². The lowest BCUT2D eigenvalue weighted by Gasteiger charge is -2.33. The summed E-state index contributed by atoms with van der Waals surface area (Å²) < 4.78 is 5.46. The van der Waals surface area contributed by atoms with Crippen LogP contribution in [0.5, 0.6) is 0 Å². The fourth-order valence-corrected chi connectivity index (χ4v) is 2.96. The third-order valence-electron chi connectivity index (χ3n) is 4.18. The molecule has 0 bridgehead atoms. The third kappa shape index (κ3) is 2.12. The Balaban J connectivity index is 1.98. The lowest BCUT2D eigenvalue weighted by Crippen LogP contribution is -2.47. The lowest BCUT2D eigenvalue weighted by molar-refractivity contribution is 0.154. The van der Waals surface area contributed by atoms with Gasteiger partial charge in [-0.25, -0.2) is 0 Å². The SMILES string of the molecule is CC1CCCC(N)(C2CCOC2)CC1. The molecule has 0 aromatic rings. The van der Waals surface area contributed by atoms with E-state index in [2.05, 4.69) is 6.92 Å². The van der Waals surface area contributed by atoms with Gasteiger partial charge in [0.2, 0.25) is 0 Å². The molecule has 0 aromatic heterocycles. The van der Waals surface area contributed by atoms with Crippen LogP contribution in [0.4, 0.5) is 0 Å². The quantitative estimate of drug-likeness (QED) is 0.655. The summed E-state index contributed by atoms with van der Waals surface area (Å²) in [6, 6.07) is 0. The summed E-state index contributed by atoms with van der Waals surface area (Å²) in [6.45, 7) is 4.20. The van der Waals surface area contributed by atoms with Gasteiger partial charge in [-0.1, -0.05) is 19.8 Å². The topological polar surface area (TPSA) is 35.2 Å². The largest absolute Gasteiger partial charge is 0.381 e. The van der Waals surface area contributed by atoms with E-state index in [0.717, 1.165) is 19.1 Å². The maximum absolute atomic E-state index is 6.55. The Labute approximate surface area is 87.2 Å². The fraction of sp³-hybridized carbons (Fsp3) is 1.00. The van der Waals surface area contributed by atoms with Gasteiger partial charge in [-0.05, 0) is 31.6 Å². The molecular formula is C12H23NO. The molecule has 0 spiro atoms. The summed E-state index contributed by atoms with van der Waals surface area (Å²) in [6.07, 6.45) is 7.60. The zero-order valence-electron chi connectivity index (χ0n) is 9.30. The van der Waals surface area contributed by atoms with E-state index in [1.807, 2.05) is 0 Å². The molecule has 2 N–H and O–H groups in total. The molecule has 2 aliphatic rings. The van der Waals surface area contributed by atoms with Gasteiger partial charge in [0, 0.05) is 18.1 Å². The highest BCUT2D eigenvalue weighted by molar-refractivity contribution is 4.94.